The molecule has 0 aliphatic rings. The number of aryl methyl sites for hydroxylation is 2. The molecule has 0 bridgehead atoms. The van der Waals surface area contributed by atoms with E-state index in [9.17, 15) is 4.79 Å². The molecule has 33 heavy (non-hydrogen) atoms. The molecule has 0 unspecified atom stereocenters. The van der Waals surface area contributed by atoms with Gasteiger partial charge in [0.25, 0.3) is 0 Å². The molecule has 0 fully saturated rings. The summed E-state index contributed by atoms with van der Waals surface area (Å²) in [5.74, 6) is -0.177. The van der Waals surface area contributed by atoms with Gasteiger partial charge >= 0.3 is 0 Å². The van der Waals surface area contributed by atoms with Crippen LogP contribution in [0.1, 0.15) is 32.7 Å². The zero-order valence-corrected chi connectivity index (χ0v) is 19.7. The van der Waals surface area contributed by atoms with Gasteiger partial charge in [0.15, 0.2) is 5.78 Å². The fraction of sp³-hybridized carbons (Fsp3) is 0.160. The van der Waals surface area contributed by atoms with E-state index >= 15 is 0 Å². The Morgan fingerprint density at radius 2 is 1.82 bits per heavy atom. The Bertz CT molecular complexity index is 1330. The number of nitrogens with zero attached hydrogens (tertiary/aromatic N) is 3. The molecule has 0 radical (unpaired) electrons. The predicted octanol–water partition coefficient (Wildman–Crippen LogP) is 5.70. The van der Waals surface area contributed by atoms with Gasteiger partial charge in [-0.3, -0.25) is 4.79 Å². The summed E-state index contributed by atoms with van der Waals surface area (Å²) in [7, 11) is 0. The van der Waals surface area contributed by atoms with Crippen LogP contribution in [0.2, 0.25) is 10.0 Å². The number of anilines is 2. The number of aromatic nitrogens is 3. The fourth-order valence-corrected chi connectivity index (χ4v) is 3.99. The highest BCUT2D eigenvalue weighted by molar-refractivity contribution is 6.35. The topological polar surface area (TPSA) is 80.0 Å². The third-order valence-electron chi connectivity index (χ3n) is 5.32. The Morgan fingerprint density at radius 1 is 1.00 bits per heavy atom. The molecule has 4 rings (SSSR count). The molecule has 0 saturated heterocycles. The average Bonchev–Trinajstić information content (AvgIpc) is 3.25. The van der Waals surface area contributed by atoms with Crippen LogP contribution in [0.15, 0.2) is 60.8 Å². The van der Waals surface area contributed by atoms with Crippen LogP contribution in [0.3, 0.4) is 0 Å². The quantitative estimate of drug-likeness (QED) is 0.331. The minimum absolute atomic E-state index is 0.00271. The zero-order chi connectivity index (χ0) is 23.5. The smallest absolute Gasteiger partial charge is 0.194 e. The molecule has 0 atom stereocenters. The van der Waals surface area contributed by atoms with Crippen LogP contribution in [-0.2, 0) is 6.42 Å². The zero-order valence-electron chi connectivity index (χ0n) is 18.1. The Kier molecular flexibility index (Phi) is 6.79. The lowest BCUT2D eigenvalue weighted by Crippen LogP contribution is -2.07. The number of hydrogen-bond donors (Lipinski definition) is 2. The number of benzene rings is 3. The van der Waals surface area contributed by atoms with Gasteiger partial charge in [-0.1, -0.05) is 34.5 Å². The molecule has 2 N–H and O–H groups in total. The lowest BCUT2D eigenvalue weighted by Gasteiger charge is -2.13. The van der Waals surface area contributed by atoms with Crippen LogP contribution < -0.4 is 5.32 Å². The highest BCUT2D eigenvalue weighted by atomic mass is 35.5. The van der Waals surface area contributed by atoms with E-state index < -0.39 is 0 Å². The number of nitrogens with one attached hydrogen (secondary N) is 1. The van der Waals surface area contributed by atoms with E-state index in [1.807, 2.05) is 50.2 Å². The molecule has 0 saturated carbocycles. The maximum atomic E-state index is 13.3. The van der Waals surface area contributed by atoms with E-state index in [2.05, 4.69) is 15.6 Å². The summed E-state index contributed by atoms with van der Waals surface area (Å²) in [6.07, 6.45) is 2.16. The lowest BCUT2D eigenvalue weighted by atomic mass is 9.98. The van der Waals surface area contributed by atoms with Crippen LogP contribution in [0.4, 0.5) is 11.4 Å². The van der Waals surface area contributed by atoms with Crippen molar-refractivity contribution in [3.63, 3.8) is 0 Å². The molecule has 1 heterocycles. The van der Waals surface area contributed by atoms with Crippen LogP contribution in [0, 0.1) is 13.8 Å². The summed E-state index contributed by atoms with van der Waals surface area (Å²) >= 11 is 12.6. The molecule has 8 heteroatoms. The van der Waals surface area contributed by atoms with Crippen molar-refractivity contribution in [3.8, 4) is 5.69 Å². The Balaban J connectivity index is 1.61. The van der Waals surface area contributed by atoms with Crippen LogP contribution >= 0.6 is 23.2 Å². The lowest BCUT2D eigenvalue weighted by molar-refractivity contribution is 0.103. The van der Waals surface area contributed by atoms with Crippen molar-refractivity contribution in [3.05, 3.63) is 98.8 Å². The van der Waals surface area contributed by atoms with E-state index in [1.165, 1.54) is 0 Å². The number of carbonyl (C=O) groups is 1. The fourth-order valence-electron chi connectivity index (χ4n) is 3.50. The highest BCUT2D eigenvalue weighted by Gasteiger charge is 2.17. The van der Waals surface area contributed by atoms with E-state index in [0.29, 0.717) is 39.0 Å². The van der Waals surface area contributed by atoms with Gasteiger partial charge in [0, 0.05) is 40.6 Å². The van der Waals surface area contributed by atoms with Crippen molar-refractivity contribution in [2.45, 2.75) is 20.3 Å². The SMILES string of the molecule is Cc1cc(Cl)ccc1Nc1ccc(C(=O)c2cc(-n3cc(CCO)nn3)ccc2C)c(Cl)c1. The standard InChI is InChI=1S/C25H22Cl2N4O2/c1-15-3-6-20(31-14-19(9-10-32)29-30-31)13-22(15)25(33)21-7-5-18(12-23(21)27)28-24-8-4-17(26)11-16(24)2/h3-8,11-14,28,32H,9-10H2,1-2H3. The van der Waals surface area contributed by atoms with E-state index in [1.54, 1.807) is 29.1 Å². The summed E-state index contributed by atoms with van der Waals surface area (Å²) in [6.45, 7) is 3.84. The van der Waals surface area contributed by atoms with Crippen molar-refractivity contribution in [1.82, 2.24) is 15.0 Å². The molecule has 0 amide bonds. The van der Waals surface area contributed by atoms with Crippen molar-refractivity contribution in [1.29, 1.82) is 0 Å². The first-order valence-electron chi connectivity index (χ1n) is 10.4. The van der Waals surface area contributed by atoms with Crippen molar-refractivity contribution in [2.24, 2.45) is 0 Å². The van der Waals surface area contributed by atoms with Gasteiger partial charge in [-0.2, -0.15) is 0 Å². The summed E-state index contributed by atoms with van der Waals surface area (Å²) in [4.78, 5) is 13.3. The largest absolute Gasteiger partial charge is 0.396 e. The van der Waals surface area contributed by atoms with Crippen LogP contribution in [-0.4, -0.2) is 32.5 Å². The average molecular weight is 481 g/mol. The molecule has 1 aromatic heterocycles. The van der Waals surface area contributed by atoms with Gasteiger partial charge < -0.3 is 10.4 Å². The monoisotopic (exact) mass is 480 g/mol. The second-order valence-electron chi connectivity index (χ2n) is 7.74. The third-order valence-corrected chi connectivity index (χ3v) is 5.87. The summed E-state index contributed by atoms with van der Waals surface area (Å²) in [5, 5.41) is 21.6. The van der Waals surface area contributed by atoms with Crippen molar-refractivity contribution >= 4 is 40.4 Å². The molecular formula is C25H22Cl2N4O2. The Morgan fingerprint density at radius 3 is 2.55 bits per heavy atom. The second-order valence-corrected chi connectivity index (χ2v) is 8.58. The summed E-state index contributed by atoms with van der Waals surface area (Å²) in [5.41, 5.74) is 5.83. The van der Waals surface area contributed by atoms with Gasteiger partial charge in [-0.25, -0.2) is 4.68 Å². The Labute approximate surface area is 201 Å². The molecule has 4 aromatic rings. The number of aliphatic hydroxyl groups excluding tert-OH is 1. The minimum atomic E-state index is -0.177. The molecule has 6 nitrogen and oxygen atoms in total. The maximum absolute atomic E-state index is 13.3. The van der Waals surface area contributed by atoms with Gasteiger partial charge in [-0.15, -0.1) is 5.10 Å². The molecule has 168 valence electrons. The Hall–Kier alpha value is -3.19. The van der Waals surface area contributed by atoms with E-state index in [0.717, 1.165) is 22.5 Å². The second kappa shape index (κ2) is 9.75. The summed E-state index contributed by atoms with van der Waals surface area (Å²) in [6, 6.07) is 16.4. The molecular weight excluding hydrogens is 459 g/mol. The first-order chi connectivity index (χ1) is 15.9. The first-order valence-corrected chi connectivity index (χ1v) is 11.1. The number of aliphatic hydroxyl groups is 1. The maximum Gasteiger partial charge on any atom is 0.194 e. The number of ketones is 1. The molecule has 0 aliphatic carbocycles. The number of halogens is 2. The van der Waals surface area contributed by atoms with Gasteiger partial charge in [-0.05, 0) is 73.5 Å². The summed E-state index contributed by atoms with van der Waals surface area (Å²) < 4.78 is 1.59. The number of rotatable bonds is 7. The van der Waals surface area contributed by atoms with E-state index in [4.69, 9.17) is 28.3 Å². The molecule has 3 aromatic carbocycles. The van der Waals surface area contributed by atoms with Crippen LogP contribution in [0.25, 0.3) is 5.69 Å². The van der Waals surface area contributed by atoms with Crippen molar-refractivity contribution in [2.75, 3.05) is 11.9 Å². The molecule has 0 spiro atoms. The third kappa shape index (κ3) is 5.09. The van der Waals surface area contributed by atoms with Gasteiger partial charge in [0.1, 0.15) is 0 Å². The predicted molar refractivity (Wildman–Crippen MR) is 131 cm³/mol. The van der Waals surface area contributed by atoms with Crippen LogP contribution in [0.5, 0.6) is 0 Å². The highest BCUT2D eigenvalue weighted by Crippen LogP contribution is 2.29. The first kappa shape index (κ1) is 23.0. The van der Waals surface area contributed by atoms with Crippen molar-refractivity contribution < 1.29 is 9.90 Å². The van der Waals surface area contributed by atoms with Gasteiger partial charge in [0.2, 0.25) is 0 Å². The normalized spacial score (nSPS) is 10.9. The number of carbonyl (C=O) groups excluding carboxylic acids is 1. The minimum Gasteiger partial charge on any atom is -0.396 e. The molecule has 0 aliphatic heterocycles. The number of hydrogen-bond acceptors (Lipinski definition) is 5. The van der Waals surface area contributed by atoms with E-state index in [-0.39, 0.29) is 12.4 Å². The van der Waals surface area contributed by atoms with Gasteiger partial charge in [0.05, 0.1) is 22.6 Å².